The number of pyridine rings is 1. The molecule has 1 saturated heterocycles. The average Bonchev–Trinajstić information content (AvgIpc) is 2.86. The number of hydrogen-bond acceptors (Lipinski definition) is 3. The highest BCUT2D eigenvalue weighted by Crippen LogP contribution is 2.31. The Morgan fingerprint density at radius 1 is 1.38 bits per heavy atom. The van der Waals surface area contributed by atoms with Crippen LogP contribution in [-0.4, -0.2) is 28.6 Å². The van der Waals surface area contributed by atoms with E-state index in [4.69, 9.17) is 4.98 Å². The van der Waals surface area contributed by atoms with Crippen molar-refractivity contribution in [3.63, 3.8) is 0 Å². The summed E-state index contributed by atoms with van der Waals surface area (Å²) < 4.78 is 0. The van der Waals surface area contributed by atoms with Crippen LogP contribution in [0.4, 0.5) is 5.82 Å². The molecule has 0 spiro atoms. The standard InChI is InChI=1S/C17H26N2O2/c1-11(2)13-7-6-8-19(13)15-10-12(16(20)21)9-14(18-15)17(3,4)5/h9-11,13H,6-8H2,1-5H3,(H,20,21). The van der Waals surface area contributed by atoms with Gasteiger partial charge >= 0.3 is 5.97 Å². The highest BCUT2D eigenvalue weighted by Gasteiger charge is 2.29. The van der Waals surface area contributed by atoms with Crippen LogP contribution < -0.4 is 4.90 Å². The molecule has 0 saturated carbocycles. The number of hydrogen-bond donors (Lipinski definition) is 1. The van der Waals surface area contributed by atoms with E-state index in [1.54, 1.807) is 12.1 Å². The second kappa shape index (κ2) is 5.66. The molecule has 1 unspecified atom stereocenters. The summed E-state index contributed by atoms with van der Waals surface area (Å²) in [7, 11) is 0. The summed E-state index contributed by atoms with van der Waals surface area (Å²) in [6, 6.07) is 3.87. The number of anilines is 1. The second-order valence-corrected chi connectivity index (χ2v) is 7.30. The fourth-order valence-corrected chi connectivity index (χ4v) is 2.94. The molecule has 116 valence electrons. The fraction of sp³-hybridized carbons (Fsp3) is 0.647. The molecule has 1 aromatic heterocycles. The van der Waals surface area contributed by atoms with Crippen molar-refractivity contribution in [2.45, 2.75) is 58.9 Å². The predicted molar refractivity (Wildman–Crippen MR) is 85.1 cm³/mol. The second-order valence-electron chi connectivity index (χ2n) is 7.30. The lowest BCUT2D eigenvalue weighted by atomic mass is 9.90. The Labute approximate surface area is 127 Å². The number of carboxylic acid groups (broad SMARTS) is 1. The Morgan fingerprint density at radius 2 is 2.05 bits per heavy atom. The van der Waals surface area contributed by atoms with Gasteiger partial charge in [0.2, 0.25) is 0 Å². The summed E-state index contributed by atoms with van der Waals surface area (Å²) in [5.41, 5.74) is 1.01. The summed E-state index contributed by atoms with van der Waals surface area (Å²) in [6.45, 7) is 11.6. The first-order valence-corrected chi connectivity index (χ1v) is 7.72. The molecule has 1 N–H and O–H groups in total. The van der Waals surface area contributed by atoms with Crippen molar-refractivity contribution in [2.75, 3.05) is 11.4 Å². The van der Waals surface area contributed by atoms with Crippen LogP contribution in [0.25, 0.3) is 0 Å². The van der Waals surface area contributed by atoms with E-state index in [1.807, 2.05) is 0 Å². The minimum Gasteiger partial charge on any atom is -0.478 e. The van der Waals surface area contributed by atoms with Gasteiger partial charge in [0.25, 0.3) is 0 Å². The van der Waals surface area contributed by atoms with Gasteiger partial charge in [-0.2, -0.15) is 0 Å². The van der Waals surface area contributed by atoms with Crippen LogP contribution in [0.5, 0.6) is 0 Å². The van der Waals surface area contributed by atoms with Crippen LogP contribution in [0, 0.1) is 5.92 Å². The molecular weight excluding hydrogens is 264 g/mol. The van der Waals surface area contributed by atoms with E-state index in [9.17, 15) is 9.90 Å². The molecule has 1 fully saturated rings. The molecule has 1 aliphatic heterocycles. The van der Waals surface area contributed by atoms with E-state index in [2.05, 4.69) is 39.5 Å². The maximum Gasteiger partial charge on any atom is 0.335 e. The molecule has 1 aromatic rings. The van der Waals surface area contributed by atoms with Gasteiger partial charge in [0, 0.05) is 23.7 Å². The van der Waals surface area contributed by atoms with E-state index >= 15 is 0 Å². The van der Waals surface area contributed by atoms with E-state index in [-0.39, 0.29) is 5.41 Å². The van der Waals surface area contributed by atoms with Crippen LogP contribution in [0.15, 0.2) is 12.1 Å². The molecule has 4 nitrogen and oxygen atoms in total. The minimum absolute atomic E-state index is 0.159. The number of rotatable bonds is 3. The number of nitrogens with zero attached hydrogens (tertiary/aromatic N) is 2. The van der Waals surface area contributed by atoms with Gasteiger partial charge in [0.15, 0.2) is 0 Å². The monoisotopic (exact) mass is 290 g/mol. The number of carbonyl (C=O) groups is 1. The van der Waals surface area contributed by atoms with Crippen molar-refractivity contribution in [1.82, 2.24) is 4.98 Å². The van der Waals surface area contributed by atoms with Crippen molar-refractivity contribution in [1.29, 1.82) is 0 Å². The third-order valence-corrected chi connectivity index (χ3v) is 4.19. The number of aromatic nitrogens is 1. The van der Waals surface area contributed by atoms with Gasteiger partial charge in [-0.05, 0) is 30.9 Å². The maximum absolute atomic E-state index is 11.4. The van der Waals surface area contributed by atoms with Crippen LogP contribution in [0.1, 0.15) is 63.5 Å². The Hall–Kier alpha value is -1.58. The highest BCUT2D eigenvalue weighted by molar-refractivity contribution is 5.88. The topological polar surface area (TPSA) is 53.4 Å². The largest absolute Gasteiger partial charge is 0.478 e. The Morgan fingerprint density at radius 3 is 2.57 bits per heavy atom. The summed E-state index contributed by atoms with van der Waals surface area (Å²) in [6.07, 6.45) is 2.30. The van der Waals surface area contributed by atoms with Gasteiger partial charge < -0.3 is 10.0 Å². The zero-order valence-electron chi connectivity index (χ0n) is 13.7. The van der Waals surface area contributed by atoms with Gasteiger partial charge in [0.1, 0.15) is 5.82 Å². The quantitative estimate of drug-likeness (QED) is 0.922. The van der Waals surface area contributed by atoms with E-state index in [0.29, 0.717) is 17.5 Å². The first-order chi connectivity index (χ1) is 9.70. The van der Waals surface area contributed by atoms with Crippen molar-refractivity contribution in [3.05, 3.63) is 23.4 Å². The SMILES string of the molecule is CC(C)C1CCCN1c1cc(C(=O)O)cc(C(C)(C)C)n1. The van der Waals surface area contributed by atoms with E-state index < -0.39 is 5.97 Å². The van der Waals surface area contributed by atoms with E-state index in [0.717, 1.165) is 30.9 Å². The van der Waals surface area contributed by atoms with Crippen molar-refractivity contribution >= 4 is 11.8 Å². The number of aromatic carboxylic acids is 1. The zero-order chi connectivity index (χ0) is 15.8. The third kappa shape index (κ3) is 3.36. The molecule has 0 bridgehead atoms. The minimum atomic E-state index is -0.885. The highest BCUT2D eigenvalue weighted by atomic mass is 16.4. The first kappa shape index (κ1) is 15.8. The Balaban J connectivity index is 2.48. The summed E-state index contributed by atoms with van der Waals surface area (Å²) in [4.78, 5) is 18.5. The van der Waals surface area contributed by atoms with Gasteiger partial charge in [-0.1, -0.05) is 34.6 Å². The smallest absolute Gasteiger partial charge is 0.335 e. The lowest BCUT2D eigenvalue weighted by molar-refractivity contribution is 0.0696. The van der Waals surface area contributed by atoms with Crippen LogP contribution in [0.2, 0.25) is 0 Å². The maximum atomic E-state index is 11.4. The van der Waals surface area contributed by atoms with Crippen LogP contribution in [0.3, 0.4) is 0 Å². The van der Waals surface area contributed by atoms with Gasteiger partial charge in [0.05, 0.1) is 5.56 Å². The van der Waals surface area contributed by atoms with Gasteiger partial charge in [-0.3, -0.25) is 0 Å². The molecule has 0 radical (unpaired) electrons. The molecule has 2 rings (SSSR count). The van der Waals surface area contributed by atoms with Crippen molar-refractivity contribution in [2.24, 2.45) is 5.92 Å². The van der Waals surface area contributed by atoms with Gasteiger partial charge in [-0.15, -0.1) is 0 Å². The molecule has 2 heterocycles. The summed E-state index contributed by atoms with van der Waals surface area (Å²) in [5, 5.41) is 9.37. The fourth-order valence-electron chi connectivity index (χ4n) is 2.94. The first-order valence-electron chi connectivity index (χ1n) is 7.72. The average molecular weight is 290 g/mol. The number of carboxylic acids is 1. The zero-order valence-corrected chi connectivity index (χ0v) is 13.7. The lowest BCUT2D eigenvalue weighted by Gasteiger charge is -2.30. The molecule has 1 aliphatic rings. The summed E-state index contributed by atoms with van der Waals surface area (Å²) >= 11 is 0. The van der Waals surface area contributed by atoms with Crippen molar-refractivity contribution in [3.8, 4) is 0 Å². The Kier molecular flexibility index (Phi) is 4.26. The normalized spacial score (nSPS) is 19.3. The molecule has 0 amide bonds. The molecule has 0 aromatic carbocycles. The summed E-state index contributed by atoms with van der Waals surface area (Å²) in [5.74, 6) is 0.473. The Bertz CT molecular complexity index is 532. The van der Waals surface area contributed by atoms with Crippen LogP contribution >= 0.6 is 0 Å². The molecular formula is C17H26N2O2. The van der Waals surface area contributed by atoms with E-state index in [1.165, 1.54) is 0 Å². The molecule has 21 heavy (non-hydrogen) atoms. The lowest BCUT2D eigenvalue weighted by Crippen LogP contribution is -2.34. The predicted octanol–water partition coefficient (Wildman–Crippen LogP) is 3.70. The van der Waals surface area contributed by atoms with Crippen LogP contribution in [-0.2, 0) is 5.41 Å². The van der Waals surface area contributed by atoms with Crippen molar-refractivity contribution < 1.29 is 9.90 Å². The molecule has 0 aliphatic carbocycles. The molecule has 1 atom stereocenters. The molecule has 4 heteroatoms. The third-order valence-electron chi connectivity index (χ3n) is 4.19. The van der Waals surface area contributed by atoms with Gasteiger partial charge in [-0.25, -0.2) is 9.78 Å².